The van der Waals surface area contributed by atoms with Crippen LogP contribution in [0.4, 0.5) is 0 Å². The Morgan fingerprint density at radius 3 is 3.18 bits per heavy atom. The van der Waals surface area contributed by atoms with Crippen molar-refractivity contribution in [2.75, 3.05) is 0 Å². The summed E-state index contributed by atoms with van der Waals surface area (Å²) in [7, 11) is 0. The van der Waals surface area contributed by atoms with Crippen molar-refractivity contribution >= 4 is 12.1 Å². The van der Waals surface area contributed by atoms with E-state index >= 15 is 0 Å². The van der Waals surface area contributed by atoms with Crippen LogP contribution in [0.25, 0.3) is 0 Å². The predicted octanol–water partition coefficient (Wildman–Crippen LogP) is 0.497. The second-order valence-corrected chi connectivity index (χ2v) is 2.85. The van der Waals surface area contributed by atoms with Crippen LogP contribution in [0.15, 0.2) is 22.4 Å². The lowest BCUT2D eigenvalue weighted by atomic mass is 10.2. The Morgan fingerprint density at radius 1 is 1.64 bits per heavy atom. The SMILES string of the molecule is CC1=NNC2(C)C=CC=NN12. The summed E-state index contributed by atoms with van der Waals surface area (Å²) >= 11 is 0. The minimum absolute atomic E-state index is 0.237. The summed E-state index contributed by atoms with van der Waals surface area (Å²) in [6.07, 6.45) is 5.70. The molecule has 0 aromatic rings. The molecule has 0 aromatic heterocycles. The number of hydrogen-bond acceptors (Lipinski definition) is 4. The summed E-state index contributed by atoms with van der Waals surface area (Å²) in [5, 5.41) is 10.1. The quantitative estimate of drug-likeness (QED) is 0.546. The molecule has 1 N–H and O–H groups in total. The number of nitrogens with zero attached hydrogens (tertiary/aromatic N) is 3. The van der Waals surface area contributed by atoms with Gasteiger partial charge in [-0.05, 0) is 26.0 Å². The van der Waals surface area contributed by atoms with E-state index in [9.17, 15) is 0 Å². The number of fused-ring (bicyclic) bond motifs is 1. The van der Waals surface area contributed by atoms with Gasteiger partial charge in [-0.25, -0.2) is 5.01 Å². The second-order valence-electron chi connectivity index (χ2n) is 2.85. The molecule has 2 aliphatic heterocycles. The normalized spacial score (nSPS) is 33.3. The van der Waals surface area contributed by atoms with Crippen molar-refractivity contribution in [3.63, 3.8) is 0 Å². The van der Waals surface area contributed by atoms with Gasteiger partial charge in [-0.15, -0.1) is 0 Å². The Morgan fingerprint density at radius 2 is 2.45 bits per heavy atom. The first-order valence-corrected chi connectivity index (χ1v) is 3.56. The Labute approximate surface area is 65.3 Å². The molecule has 1 unspecified atom stereocenters. The molecule has 0 aromatic carbocycles. The molecular formula is C7H10N4. The van der Waals surface area contributed by atoms with Crippen molar-refractivity contribution < 1.29 is 0 Å². The van der Waals surface area contributed by atoms with E-state index in [1.54, 1.807) is 6.21 Å². The fourth-order valence-corrected chi connectivity index (χ4v) is 1.27. The zero-order valence-electron chi connectivity index (χ0n) is 6.57. The number of rotatable bonds is 0. The van der Waals surface area contributed by atoms with Crippen LogP contribution < -0.4 is 5.43 Å². The molecule has 0 fully saturated rings. The van der Waals surface area contributed by atoms with Gasteiger partial charge in [0.2, 0.25) is 0 Å². The summed E-state index contributed by atoms with van der Waals surface area (Å²) in [5.74, 6) is 0.896. The van der Waals surface area contributed by atoms with Crippen LogP contribution in [0, 0.1) is 0 Å². The first-order chi connectivity index (χ1) is 5.22. The van der Waals surface area contributed by atoms with Crippen LogP contribution in [0.1, 0.15) is 13.8 Å². The topological polar surface area (TPSA) is 40.0 Å². The van der Waals surface area contributed by atoms with Gasteiger partial charge in [0.05, 0.1) is 0 Å². The van der Waals surface area contributed by atoms with Gasteiger partial charge in [-0.3, -0.25) is 5.43 Å². The highest BCUT2D eigenvalue weighted by Crippen LogP contribution is 2.21. The molecule has 0 aliphatic carbocycles. The van der Waals surface area contributed by atoms with E-state index in [1.807, 2.05) is 31.0 Å². The third kappa shape index (κ3) is 0.753. The number of nitrogens with one attached hydrogen (secondary N) is 1. The lowest BCUT2D eigenvalue weighted by molar-refractivity contribution is 0.240. The van der Waals surface area contributed by atoms with E-state index in [2.05, 4.69) is 15.6 Å². The summed E-state index contributed by atoms with van der Waals surface area (Å²) in [5.41, 5.74) is 2.76. The van der Waals surface area contributed by atoms with Crippen LogP contribution in [-0.4, -0.2) is 22.7 Å². The molecule has 0 spiro atoms. The Kier molecular flexibility index (Phi) is 1.07. The third-order valence-corrected chi connectivity index (χ3v) is 1.88. The smallest absolute Gasteiger partial charge is 0.165 e. The Bertz CT molecular complexity index is 266. The van der Waals surface area contributed by atoms with Crippen molar-refractivity contribution in [2.45, 2.75) is 19.5 Å². The van der Waals surface area contributed by atoms with Gasteiger partial charge >= 0.3 is 0 Å². The van der Waals surface area contributed by atoms with E-state index < -0.39 is 0 Å². The summed E-state index contributed by atoms with van der Waals surface area (Å²) in [6.45, 7) is 3.95. The highest BCUT2D eigenvalue weighted by molar-refractivity contribution is 5.85. The van der Waals surface area contributed by atoms with Crippen LogP contribution >= 0.6 is 0 Å². The van der Waals surface area contributed by atoms with E-state index in [1.165, 1.54) is 0 Å². The molecule has 0 saturated heterocycles. The average molecular weight is 150 g/mol. The maximum atomic E-state index is 4.17. The molecule has 4 nitrogen and oxygen atoms in total. The Balaban J connectivity index is 2.37. The van der Waals surface area contributed by atoms with E-state index in [4.69, 9.17) is 0 Å². The van der Waals surface area contributed by atoms with Gasteiger partial charge < -0.3 is 0 Å². The molecule has 58 valence electrons. The van der Waals surface area contributed by atoms with E-state index in [-0.39, 0.29) is 5.66 Å². The standard InChI is InChI=1S/C7H10N4/c1-6-9-10-7(2)4-3-5-8-11(6)7/h3-5,10H,1-2H3. The van der Waals surface area contributed by atoms with Gasteiger partial charge in [0.25, 0.3) is 0 Å². The van der Waals surface area contributed by atoms with Gasteiger partial charge in [0.1, 0.15) is 5.84 Å². The number of allylic oxidation sites excluding steroid dienone is 1. The van der Waals surface area contributed by atoms with Crippen LogP contribution in [0.3, 0.4) is 0 Å². The second kappa shape index (κ2) is 1.84. The van der Waals surface area contributed by atoms with E-state index in [0.717, 1.165) is 5.84 Å². The van der Waals surface area contributed by atoms with Gasteiger partial charge in [0, 0.05) is 6.21 Å². The zero-order chi connectivity index (χ0) is 7.90. The van der Waals surface area contributed by atoms with Crippen molar-refractivity contribution in [2.24, 2.45) is 10.2 Å². The zero-order valence-corrected chi connectivity index (χ0v) is 6.57. The molecule has 0 saturated carbocycles. The molecule has 2 rings (SSSR count). The van der Waals surface area contributed by atoms with Gasteiger partial charge in [0.15, 0.2) is 5.66 Å². The molecular weight excluding hydrogens is 140 g/mol. The molecule has 0 radical (unpaired) electrons. The number of hydrazone groups is 2. The van der Waals surface area contributed by atoms with Gasteiger partial charge in [-0.2, -0.15) is 10.2 Å². The minimum Gasteiger partial charge on any atom is -0.278 e. The fourth-order valence-electron chi connectivity index (χ4n) is 1.27. The number of hydrogen-bond donors (Lipinski definition) is 1. The summed E-state index contributed by atoms with van der Waals surface area (Å²) in [4.78, 5) is 0. The molecule has 4 heteroatoms. The van der Waals surface area contributed by atoms with Gasteiger partial charge in [-0.1, -0.05) is 0 Å². The minimum atomic E-state index is -0.237. The van der Waals surface area contributed by atoms with Crippen molar-refractivity contribution in [1.29, 1.82) is 0 Å². The number of amidine groups is 1. The molecule has 0 amide bonds. The predicted molar refractivity (Wildman–Crippen MR) is 44.1 cm³/mol. The first-order valence-electron chi connectivity index (χ1n) is 3.56. The average Bonchev–Trinajstić information content (AvgIpc) is 2.29. The summed E-state index contributed by atoms with van der Waals surface area (Å²) in [6, 6.07) is 0. The molecule has 2 aliphatic rings. The first kappa shape index (κ1) is 6.39. The molecule has 11 heavy (non-hydrogen) atoms. The Hall–Kier alpha value is -1.32. The fraction of sp³-hybridized carbons (Fsp3) is 0.429. The highest BCUT2D eigenvalue weighted by atomic mass is 15.7. The lowest BCUT2D eigenvalue weighted by Gasteiger charge is -2.30. The maximum absolute atomic E-state index is 4.17. The lowest BCUT2D eigenvalue weighted by Crippen LogP contribution is -2.47. The molecule has 1 atom stereocenters. The summed E-state index contributed by atoms with van der Waals surface area (Å²) < 4.78 is 0. The molecule has 2 heterocycles. The maximum Gasteiger partial charge on any atom is 0.165 e. The van der Waals surface area contributed by atoms with Crippen LogP contribution in [-0.2, 0) is 0 Å². The highest BCUT2D eigenvalue weighted by Gasteiger charge is 2.35. The van der Waals surface area contributed by atoms with Crippen molar-refractivity contribution in [1.82, 2.24) is 10.4 Å². The van der Waals surface area contributed by atoms with Crippen molar-refractivity contribution in [3.8, 4) is 0 Å². The van der Waals surface area contributed by atoms with Crippen LogP contribution in [0.5, 0.6) is 0 Å². The third-order valence-electron chi connectivity index (χ3n) is 1.88. The van der Waals surface area contributed by atoms with Crippen LogP contribution in [0.2, 0.25) is 0 Å². The largest absolute Gasteiger partial charge is 0.278 e. The van der Waals surface area contributed by atoms with Crippen molar-refractivity contribution in [3.05, 3.63) is 12.2 Å². The molecule has 0 bridgehead atoms. The van der Waals surface area contributed by atoms with E-state index in [0.29, 0.717) is 0 Å². The monoisotopic (exact) mass is 150 g/mol.